The highest BCUT2D eigenvalue weighted by atomic mass is 32.1. The number of nitrogens with zero attached hydrogens (tertiary/aromatic N) is 4. The van der Waals surface area contributed by atoms with Crippen molar-refractivity contribution in [1.82, 2.24) is 20.2 Å². The molecule has 3 aromatic rings. The molecule has 33 heavy (non-hydrogen) atoms. The summed E-state index contributed by atoms with van der Waals surface area (Å²) >= 11 is 5.83. The second-order valence-electron chi connectivity index (χ2n) is 9.43. The Kier molecular flexibility index (Phi) is 5.41. The number of allylic oxidation sites excluding steroid dienone is 1. The van der Waals surface area contributed by atoms with Gasteiger partial charge < -0.3 is 15.1 Å². The van der Waals surface area contributed by atoms with Gasteiger partial charge in [-0.15, -0.1) is 0 Å². The van der Waals surface area contributed by atoms with Crippen LogP contribution in [0, 0.1) is 0 Å². The first-order valence-electron chi connectivity index (χ1n) is 11.3. The summed E-state index contributed by atoms with van der Waals surface area (Å²) in [6.07, 6.45) is 7.90. The maximum atomic E-state index is 5.83. The van der Waals surface area contributed by atoms with E-state index in [1.54, 1.807) is 6.20 Å². The fraction of sp³-hybridized carbons (Fsp3) is 0.296. The SMILES string of the molecule is CC1=CC(C)(C)N(C)c2ccc([C@@H]3[C@H](c4ccccn4)NC(=S)N3Cc3cccnc3)cc21. The lowest BCUT2D eigenvalue weighted by atomic mass is 9.86. The summed E-state index contributed by atoms with van der Waals surface area (Å²) in [6.45, 7) is 7.39. The second kappa shape index (κ2) is 8.27. The molecule has 0 unspecified atom stereocenters. The lowest BCUT2D eigenvalue weighted by molar-refractivity contribution is 0.311. The standard InChI is InChI=1S/C27H29N5S/c1-18-15-27(2,3)31(4)23-11-10-20(14-21(18)23)25-24(22-9-5-6-13-29-22)30-26(33)32(25)17-19-8-7-12-28-16-19/h5-16,24-25H,17H2,1-4H3,(H,30,33)/t24-,25+/m0/s1. The summed E-state index contributed by atoms with van der Waals surface area (Å²) in [5.74, 6) is 0. The molecule has 1 fully saturated rings. The third kappa shape index (κ3) is 3.89. The van der Waals surface area contributed by atoms with Crippen molar-refractivity contribution in [2.24, 2.45) is 0 Å². The molecule has 2 atom stereocenters. The minimum Gasteiger partial charge on any atom is -0.366 e. The zero-order valence-electron chi connectivity index (χ0n) is 19.5. The van der Waals surface area contributed by atoms with Crippen molar-refractivity contribution in [2.45, 2.75) is 44.9 Å². The Morgan fingerprint density at radius 3 is 2.67 bits per heavy atom. The van der Waals surface area contributed by atoms with Gasteiger partial charge in [-0.25, -0.2) is 0 Å². The maximum absolute atomic E-state index is 5.83. The van der Waals surface area contributed by atoms with Gasteiger partial charge >= 0.3 is 0 Å². The summed E-state index contributed by atoms with van der Waals surface area (Å²) in [4.78, 5) is 13.6. The minimum absolute atomic E-state index is 0.0160. The van der Waals surface area contributed by atoms with Crippen LogP contribution >= 0.6 is 12.2 Å². The van der Waals surface area contributed by atoms with Crippen molar-refractivity contribution in [3.8, 4) is 0 Å². The fourth-order valence-electron chi connectivity index (χ4n) is 4.99. The zero-order valence-corrected chi connectivity index (χ0v) is 20.3. The fourth-order valence-corrected chi connectivity index (χ4v) is 5.29. The van der Waals surface area contributed by atoms with E-state index in [-0.39, 0.29) is 17.6 Å². The van der Waals surface area contributed by atoms with E-state index in [1.807, 2.05) is 30.6 Å². The number of thiocarbonyl (C=S) groups is 1. The average molecular weight is 456 g/mol. The number of fused-ring (bicyclic) bond motifs is 1. The molecule has 1 N–H and O–H groups in total. The van der Waals surface area contributed by atoms with Crippen LogP contribution in [0.5, 0.6) is 0 Å². The molecule has 168 valence electrons. The molecule has 0 bridgehead atoms. The molecule has 2 aliphatic rings. The van der Waals surface area contributed by atoms with Crippen LogP contribution in [0.25, 0.3) is 5.57 Å². The van der Waals surface area contributed by atoms with Crippen molar-refractivity contribution in [1.29, 1.82) is 0 Å². The highest BCUT2D eigenvalue weighted by Gasteiger charge is 2.40. The topological polar surface area (TPSA) is 44.3 Å². The molecule has 5 nitrogen and oxygen atoms in total. The first kappa shape index (κ1) is 21.6. The van der Waals surface area contributed by atoms with Gasteiger partial charge in [-0.1, -0.05) is 24.3 Å². The number of anilines is 1. The van der Waals surface area contributed by atoms with Gasteiger partial charge in [0.05, 0.1) is 23.3 Å². The van der Waals surface area contributed by atoms with Crippen LogP contribution in [0.2, 0.25) is 0 Å². The number of nitrogens with one attached hydrogen (secondary N) is 1. The first-order valence-corrected chi connectivity index (χ1v) is 11.7. The zero-order chi connectivity index (χ0) is 23.2. The van der Waals surface area contributed by atoms with E-state index in [0.29, 0.717) is 6.54 Å². The number of aromatic nitrogens is 2. The van der Waals surface area contributed by atoms with Gasteiger partial charge in [0.15, 0.2) is 5.11 Å². The molecule has 2 aliphatic heterocycles. The summed E-state index contributed by atoms with van der Waals surface area (Å²) < 4.78 is 0. The normalized spacial score (nSPS) is 21.5. The Labute approximate surface area is 201 Å². The van der Waals surface area contributed by atoms with Crippen molar-refractivity contribution >= 4 is 28.6 Å². The highest BCUT2D eigenvalue weighted by molar-refractivity contribution is 7.80. The number of hydrogen-bond acceptors (Lipinski definition) is 4. The predicted octanol–water partition coefficient (Wildman–Crippen LogP) is 5.28. The average Bonchev–Trinajstić information content (AvgIpc) is 3.14. The predicted molar refractivity (Wildman–Crippen MR) is 138 cm³/mol. The Hall–Kier alpha value is -3.25. The lowest BCUT2D eigenvalue weighted by Gasteiger charge is -2.41. The molecule has 0 saturated carbocycles. The molecule has 2 aromatic heterocycles. The largest absolute Gasteiger partial charge is 0.366 e. The summed E-state index contributed by atoms with van der Waals surface area (Å²) in [5, 5.41) is 4.29. The van der Waals surface area contributed by atoms with Gasteiger partial charge in [0.25, 0.3) is 0 Å². The van der Waals surface area contributed by atoms with Crippen LogP contribution in [0.4, 0.5) is 5.69 Å². The molecule has 0 amide bonds. The minimum atomic E-state index is -0.0320. The third-order valence-electron chi connectivity index (χ3n) is 6.86. The Balaban J connectivity index is 1.60. The lowest BCUT2D eigenvalue weighted by Crippen LogP contribution is -2.42. The van der Waals surface area contributed by atoms with Crippen LogP contribution in [0.15, 0.2) is 73.2 Å². The number of likely N-dealkylation sites (N-methyl/N-ethyl adjacent to an activating group) is 1. The number of hydrogen-bond donors (Lipinski definition) is 1. The van der Waals surface area contributed by atoms with E-state index < -0.39 is 0 Å². The Morgan fingerprint density at radius 1 is 1.09 bits per heavy atom. The van der Waals surface area contributed by atoms with Crippen LogP contribution < -0.4 is 10.2 Å². The van der Waals surface area contributed by atoms with E-state index in [0.717, 1.165) is 16.4 Å². The molecule has 1 aromatic carbocycles. The molecular weight excluding hydrogens is 426 g/mol. The van der Waals surface area contributed by atoms with E-state index in [9.17, 15) is 0 Å². The van der Waals surface area contributed by atoms with Crippen molar-refractivity contribution in [3.05, 3.63) is 95.6 Å². The van der Waals surface area contributed by atoms with E-state index in [4.69, 9.17) is 12.2 Å². The summed E-state index contributed by atoms with van der Waals surface area (Å²) in [7, 11) is 2.17. The van der Waals surface area contributed by atoms with Gasteiger partial charge in [0.2, 0.25) is 0 Å². The van der Waals surface area contributed by atoms with Crippen LogP contribution in [0.3, 0.4) is 0 Å². The van der Waals surface area contributed by atoms with Crippen LogP contribution in [-0.4, -0.2) is 32.6 Å². The van der Waals surface area contributed by atoms with Gasteiger partial charge in [-0.2, -0.15) is 0 Å². The monoisotopic (exact) mass is 455 g/mol. The van der Waals surface area contributed by atoms with E-state index >= 15 is 0 Å². The molecule has 1 saturated heterocycles. The smallest absolute Gasteiger partial charge is 0.170 e. The number of benzene rings is 1. The molecule has 5 rings (SSSR count). The molecular formula is C27H29N5S. The van der Waals surface area contributed by atoms with Crippen molar-refractivity contribution in [3.63, 3.8) is 0 Å². The van der Waals surface area contributed by atoms with Gasteiger partial charge in [-0.05, 0) is 80.0 Å². The molecule has 4 heterocycles. The highest BCUT2D eigenvalue weighted by Crippen LogP contribution is 2.44. The van der Waals surface area contributed by atoms with Crippen molar-refractivity contribution in [2.75, 3.05) is 11.9 Å². The van der Waals surface area contributed by atoms with Gasteiger partial charge in [0, 0.05) is 43.4 Å². The van der Waals surface area contributed by atoms with Crippen LogP contribution in [0.1, 0.15) is 55.2 Å². The summed E-state index contributed by atoms with van der Waals surface area (Å²) in [6, 6.07) is 16.9. The molecule has 0 spiro atoms. The number of rotatable bonds is 4. The third-order valence-corrected chi connectivity index (χ3v) is 7.21. The number of pyridine rings is 2. The molecule has 6 heteroatoms. The second-order valence-corrected chi connectivity index (χ2v) is 9.82. The Morgan fingerprint density at radius 2 is 1.94 bits per heavy atom. The molecule has 0 aliphatic carbocycles. The first-order chi connectivity index (χ1) is 15.8. The van der Waals surface area contributed by atoms with Crippen molar-refractivity contribution < 1.29 is 0 Å². The maximum Gasteiger partial charge on any atom is 0.170 e. The van der Waals surface area contributed by atoms with Gasteiger partial charge in [0.1, 0.15) is 0 Å². The Bertz CT molecular complexity index is 1210. The quantitative estimate of drug-likeness (QED) is 0.540. The molecule has 0 radical (unpaired) electrons. The van der Waals surface area contributed by atoms with E-state index in [2.05, 4.69) is 89.3 Å². The van der Waals surface area contributed by atoms with Gasteiger partial charge in [-0.3, -0.25) is 9.97 Å². The van der Waals surface area contributed by atoms with Crippen LogP contribution in [-0.2, 0) is 6.54 Å². The van der Waals surface area contributed by atoms with E-state index in [1.165, 1.54) is 22.4 Å². The summed E-state index contributed by atoms with van der Waals surface area (Å²) in [5.41, 5.74) is 7.15.